The summed E-state index contributed by atoms with van der Waals surface area (Å²) >= 11 is 0. The standard InChI is InChI=1S/C10H9NO3/c12-7-3-1-6(2-4-7)8-5-9(13)11-10(8)14/h1-4,8,12H,5H2,(H,11,13,14)/t8-/m0/s1. The predicted molar refractivity (Wildman–Crippen MR) is 48.6 cm³/mol. The second-order valence-electron chi connectivity index (χ2n) is 3.26. The summed E-state index contributed by atoms with van der Waals surface area (Å²) in [6, 6.07) is 6.31. The first-order chi connectivity index (χ1) is 6.66. The third kappa shape index (κ3) is 1.46. The van der Waals surface area contributed by atoms with Crippen LogP contribution in [0.1, 0.15) is 17.9 Å². The number of hydrogen-bond donors (Lipinski definition) is 2. The van der Waals surface area contributed by atoms with E-state index in [0.29, 0.717) is 0 Å². The van der Waals surface area contributed by atoms with Crippen LogP contribution in [-0.2, 0) is 9.59 Å². The molecule has 1 aromatic carbocycles. The molecule has 14 heavy (non-hydrogen) atoms. The fourth-order valence-corrected chi connectivity index (χ4v) is 1.53. The van der Waals surface area contributed by atoms with Crippen LogP contribution in [0.15, 0.2) is 24.3 Å². The van der Waals surface area contributed by atoms with E-state index in [0.717, 1.165) is 5.56 Å². The molecule has 0 bridgehead atoms. The lowest BCUT2D eigenvalue weighted by Gasteiger charge is -2.05. The maximum absolute atomic E-state index is 11.3. The van der Waals surface area contributed by atoms with Gasteiger partial charge in [-0.25, -0.2) is 0 Å². The molecule has 1 aliphatic heterocycles. The summed E-state index contributed by atoms with van der Waals surface area (Å²) in [5, 5.41) is 11.3. The first kappa shape index (κ1) is 8.74. The molecule has 2 N–H and O–H groups in total. The maximum atomic E-state index is 11.3. The van der Waals surface area contributed by atoms with Crippen LogP contribution in [0, 0.1) is 0 Å². The number of carbonyl (C=O) groups is 2. The van der Waals surface area contributed by atoms with Crippen LogP contribution >= 0.6 is 0 Å². The normalized spacial score (nSPS) is 21.0. The number of hydrogen-bond acceptors (Lipinski definition) is 3. The Balaban J connectivity index is 2.27. The average molecular weight is 191 g/mol. The molecule has 4 nitrogen and oxygen atoms in total. The fraction of sp³-hybridized carbons (Fsp3) is 0.200. The molecule has 1 aliphatic rings. The summed E-state index contributed by atoms with van der Waals surface area (Å²) in [6.07, 6.45) is 0.198. The molecule has 0 spiro atoms. The Morgan fingerprint density at radius 2 is 1.86 bits per heavy atom. The number of amides is 2. The van der Waals surface area contributed by atoms with Gasteiger partial charge in [-0.2, -0.15) is 0 Å². The predicted octanol–water partition coefficient (Wildman–Crippen LogP) is 0.522. The molecule has 4 heteroatoms. The zero-order valence-corrected chi connectivity index (χ0v) is 7.36. The smallest absolute Gasteiger partial charge is 0.234 e. The van der Waals surface area contributed by atoms with Crippen molar-refractivity contribution in [2.45, 2.75) is 12.3 Å². The molecule has 0 saturated carbocycles. The van der Waals surface area contributed by atoms with Crippen molar-refractivity contribution in [1.29, 1.82) is 0 Å². The lowest BCUT2D eigenvalue weighted by molar-refractivity contribution is -0.125. The summed E-state index contributed by atoms with van der Waals surface area (Å²) in [5.74, 6) is -0.754. The van der Waals surface area contributed by atoms with Gasteiger partial charge in [0.05, 0.1) is 5.92 Å². The summed E-state index contributed by atoms with van der Waals surface area (Å²) in [5.41, 5.74) is 0.756. The minimum atomic E-state index is -0.400. The highest BCUT2D eigenvalue weighted by Gasteiger charge is 2.31. The number of phenolic OH excluding ortho intramolecular Hbond substituents is 1. The molecule has 2 amide bonds. The molecule has 2 rings (SSSR count). The van der Waals surface area contributed by atoms with Crippen molar-refractivity contribution < 1.29 is 14.7 Å². The third-order valence-corrected chi connectivity index (χ3v) is 2.26. The third-order valence-electron chi connectivity index (χ3n) is 2.26. The van der Waals surface area contributed by atoms with E-state index >= 15 is 0 Å². The molecule has 0 unspecified atom stereocenters. The van der Waals surface area contributed by atoms with Crippen molar-refractivity contribution in [2.24, 2.45) is 0 Å². The molecule has 0 aromatic heterocycles. The summed E-state index contributed by atoms with van der Waals surface area (Å²) in [6.45, 7) is 0. The highest BCUT2D eigenvalue weighted by molar-refractivity contribution is 6.06. The van der Waals surface area contributed by atoms with Crippen LogP contribution < -0.4 is 5.32 Å². The van der Waals surface area contributed by atoms with Crippen LogP contribution in [-0.4, -0.2) is 16.9 Å². The molecule has 72 valence electrons. The number of carbonyl (C=O) groups excluding carboxylic acids is 2. The second-order valence-corrected chi connectivity index (χ2v) is 3.26. The Hall–Kier alpha value is -1.84. The molecule has 0 radical (unpaired) electrons. The molecule has 0 aliphatic carbocycles. The number of benzene rings is 1. The summed E-state index contributed by atoms with van der Waals surface area (Å²) in [4.78, 5) is 22.2. The number of imide groups is 1. The minimum absolute atomic E-state index is 0.151. The monoisotopic (exact) mass is 191 g/mol. The highest BCUT2D eigenvalue weighted by atomic mass is 16.3. The van der Waals surface area contributed by atoms with E-state index in [1.54, 1.807) is 12.1 Å². The SMILES string of the molecule is O=C1C[C@@H](c2ccc(O)cc2)C(=O)N1. The molecular weight excluding hydrogens is 182 g/mol. The van der Waals surface area contributed by atoms with Gasteiger partial charge in [0, 0.05) is 6.42 Å². The minimum Gasteiger partial charge on any atom is -0.508 e. The number of nitrogens with one attached hydrogen (secondary N) is 1. The van der Waals surface area contributed by atoms with Gasteiger partial charge in [-0.3, -0.25) is 14.9 Å². The zero-order valence-electron chi connectivity index (χ0n) is 7.36. The van der Waals surface area contributed by atoms with Gasteiger partial charge in [0.1, 0.15) is 5.75 Å². The molecule has 1 atom stereocenters. The first-order valence-electron chi connectivity index (χ1n) is 4.29. The van der Waals surface area contributed by atoms with Gasteiger partial charge in [0.2, 0.25) is 11.8 Å². The maximum Gasteiger partial charge on any atom is 0.234 e. The number of aromatic hydroxyl groups is 1. The van der Waals surface area contributed by atoms with E-state index in [4.69, 9.17) is 5.11 Å². The van der Waals surface area contributed by atoms with E-state index < -0.39 is 5.92 Å². The van der Waals surface area contributed by atoms with Gasteiger partial charge in [0.25, 0.3) is 0 Å². The van der Waals surface area contributed by atoms with Gasteiger partial charge >= 0.3 is 0 Å². The zero-order chi connectivity index (χ0) is 10.1. The molecule has 1 aromatic rings. The van der Waals surface area contributed by atoms with Gasteiger partial charge < -0.3 is 5.11 Å². The van der Waals surface area contributed by atoms with Crippen LogP contribution in [0.3, 0.4) is 0 Å². The molecule has 1 heterocycles. The van der Waals surface area contributed by atoms with Gasteiger partial charge in [-0.1, -0.05) is 12.1 Å². The second kappa shape index (κ2) is 3.14. The lowest BCUT2D eigenvalue weighted by Crippen LogP contribution is -2.21. The fourth-order valence-electron chi connectivity index (χ4n) is 1.53. The van der Waals surface area contributed by atoms with Gasteiger partial charge in [-0.15, -0.1) is 0 Å². The summed E-state index contributed by atoms with van der Waals surface area (Å²) < 4.78 is 0. The van der Waals surface area contributed by atoms with Crippen LogP contribution in [0.2, 0.25) is 0 Å². The van der Waals surface area contributed by atoms with Crippen LogP contribution in [0.25, 0.3) is 0 Å². The first-order valence-corrected chi connectivity index (χ1v) is 4.29. The van der Waals surface area contributed by atoms with Crippen molar-refractivity contribution in [3.63, 3.8) is 0 Å². The van der Waals surface area contributed by atoms with E-state index in [1.807, 2.05) is 0 Å². The lowest BCUT2D eigenvalue weighted by atomic mass is 9.98. The Kier molecular flexibility index (Phi) is 1.96. The Bertz CT molecular complexity index is 383. The Labute approximate surface area is 80.6 Å². The number of phenols is 1. The highest BCUT2D eigenvalue weighted by Crippen LogP contribution is 2.25. The van der Waals surface area contributed by atoms with E-state index in [2.05, 4.69) is 5.32 Å². The quantitative estimate of drug-likeness (QED) is 0.636. The van der Waals surface area contributed by atoms with Crippen LogP contribution in [0.5, 0.6) is 5.75 Å². The largest absolute Gasteiger partial charge is 0.508 e. The number of rotatable bonds is 1. The van der Waals surface area contributed by atoms with E-state index in [-0.39, 0.29) is 24.0 Å². The van der Waals surface area contributed by atoms with Crippen molar-refractivity contribution in [2.75, 3.05) is 0 Å². The van der Waals surface area contributed by atoms with Gasteiger partial charge in [0.15, 0.2) is 0 Å². The Morgan fingerprint density at radius 3 is 2.36 bits per heavy atom. The van der Waals surface area contributed by atoms with Crippen molar-refractivity contribution in [3.05, 3.63) is 29.8 Å². The van der Waals surface area contributed by atoms with Crippen LogP contribution in [0.4, 0.5) is 0 Å². The van der Waals surface area contributed by atoms with E-state index in [9.17, 15) is 9.59 Å². The molecule has 1 fully saturated rings. The topological polar surface area (TPSA) is 66.4 Å². The van der Waals surface area contributed by atoms with Crippen molar-refractivity contribution in [1.82, 2.24) is 5.32 Å². The molecule has 1 saturated heterocycles. The molecular formula is C10H9NO3. The van der Waals surface area contributed by atoms with Crippen molar-refractivity contribution >= 4 is 11.8 Å². The van der Waals surface area contributed by atoms with Gasteiger partial charge in [-0.05, 0) is 17.7 Å². The van der Waals surface area contributed by atoms with E-state index in [1.165, 1.54) is 12.1 Å². The summed E-state index contributed by atoms with van der Waals surface area (Å²) in [7, 11) is 0. The van der Waals surface area contributed by atoms with Crippen molar-refractivity contribution in [3.8, 4) is 5.75 Å². The average Bonchev–Trinajstić information content (AvgIpc) is 2.47. The Morgan fingerprint density at radius 1 is 1.21 bits per heavy atom.